The van der Waals surface area contributed by atoms with E-state index in [4.69, 9.17) is 4.74 Å². The van der Waals surface area contributed by atoms with Crippen molar-refractivity contribution in [2.45, 2.75) is 5.92 Å². The highest BCUT2D eigenvalue weighted by Gasteiger charge is 2.35. The zero-order chi connectivity index (χ0) is 10.8. The van der Waals surface area contributed by atoms with Crippen LogP contribution in [0.5, 0.6) is 0 Å². The Morgan fingerprint density at radius 3 is 3.07 bits per heavy atom. The fourth-order valence-electron chi connectivity index (χ4n) is 1.90. The zero-order valence-electron chi connectivity index (χ0n) is 8.33. The van der Waals surface area contributed by atoms with Crippen molar-refractivity contribution in [2.24, 2.45) is 5.92 Å². The summed E-state index contributed by atoms with van der Waals surface area (Å²) >= 11 is 5.11. The number of halogens is 1. The number of carbonyl (C=O) groups is 1. The van der Waals surface area contributed by atoms with Gasteiger partial charge in [-0.05, 0) is 22.0 Å². The average Bonchev–Trinajstić information content (AvgIpc) is 2.84. The summed E-state index contributed by atoms with van der Waals surface area (Å²) < 4.78 is 5.89. The monoisotopic (exact) mass is 289 g/mol. The number of thiophene rings is 1. The summed E-state index contributed by atoms with van der Waals surface area (Å²) in [5, 5.41) is 5.28. The maximum absolute atomic E-state index is 11.5. The molecule has 1 fully saturated rings. The van der Waals surface area contributed by atoms with E-state index in [1.54, 1.807) is 11.3 Å². The van der Waals surface area contributed by atoms with Gasteiger partial charge in [-0.25, -0.2) is 0 Å². The molecule has 1 aliphatic rings. The molecule has 3 nitrogen and oxygen atoms in total. The van der Waals surface area contributed by atoms with Crippen LogP contribution in [0.15, 0.2) is 15.9 Å². The first-order valence-electron chi connectivity index (χ1n) is 4.75. The number of hydrogen-bond donors (Lipinski definition) is 1. The van der Waals surface area contributed by atoms with Gasteiger partial charge in [-0.15, -0.1) is 11.3 Å². The van der Waals surface area contributed by atoms with E-state index in [1.807, 2.05) is 5.38 Å². The molecule has 2 atom stereocenters. The van der Waals surface area contributed by atoms with Crippen LogP contribution in [-0.4, -0.2) is 26.2 Å². The second-order valence-electron chi connectivity index (χ2n) is 3.56. The predicted molar refractivity (Wildman–Crippen MR) is 63.1 cm³/mol. The van der Waals surface area contributed by atoms with Gasteiger partial charge in [0.05, 0.1) is 13.0 Å². The Bertz CT molecular complexity index is 366. The van der Waals surface area contributed by atoms with E-state index in [1.165, 1.54) is 12.0 Å². The summed E-state index contributed by atoms with van der Waals surface area (Å²) in [7, 11) is 1.45. The molecule has 1 N–H and O–H groups in total. The lowest BCUT2D eigenvalue weighted by atomic mass is 9.95. The number of esters is 1. The molecule has 2 rings (SSSR count). The summed E-state index contributed by atoms with van der Waals surface area (Å²) in [6.45, 7) is 1.57. The average molecular weight is 290 g/mol. The molecule has 0 aliphatic carbocycles. The van der Waals surface area contributed by atoms with E-state index < -0.39 is 0 Å². The summed E-state index contributed by atoms with van der Waals surface area (Å²) in [5.74, 6) is 0.101. The molecular formula is C10H12BrNO2S. The SMILES string of the molecule is COC(=O)C1CNCC1c1cc(Br)cs1. The third kappa shape index (κ3) is 2.24. The molecule has 82 valence electrons. The Morgan fingerprint density at radius 1 is 1.67 bits per heavy atom. The Labute approximate surface area is 101 Å². The number of methoxy groups -OCH3 is 1. The Balaban J connectivity index is 2.18. The minimum atomic E-state index is -0.116. The number of ether oxygens (including phenoxy) is 1. The molecule has 0 aromatic carbocycles. The van der Waals surface area contributed by atoms with Crippen molar-refractivity contribution in [3.05, 3.63) is 20.8 Å². The molecule has 15 heavy (non-hydrogen) atoms. The van der Waals surface area contributed by atoms with E-state index >= 15 is 0 Å². The van der Waals surface area contributed by atoms with Crippen molar-refractivity contribution in [1.82, 2.24) is 5.32 Å². The van der Waals surface area contributed by atoms with Gasteiger partial charge in [0, 0.05) is 33.7 Å². The molecule has 1 saturated heterocycles. The first kappa shape index (κ1) is 11.1. The molecule has 1 aromatic rings. The third-order valence-corrected chi connectivity index (χ3v) is 4.50. The van der Waals surface area contributed by atoms with Crippen molar-refractivity contribution in [3.8, 4) is 0 Å². The highest BCUT2D eigenvalue weighted by atomic mass is 79.9. The Morgan fingerprint density at radius 2 is 2.47 bits per heavy atom. The fraction of sp³-hybridized carbons (Fsp3) is 0.500. The highest BCUT2D eigenvalue weighted by Crippen LogP contribution is 2.34. The van der Waals surface area contributed by atoms with Gasteiger partial charge in [0.25, 0.3) is 0 Å². The lowest BCUT2D eigenvalue weighted by molar-refractivity contribution is -0.145. The number of carbonyl (C=O) groups excluding carboxylic acids is 1. The van der Waals surface area contributed by atoms with Gasteiger partial charge >= 0.3 is 5.97 Å². The highest BCUT2D eigenvalue weighted by molar-refractivity contribution is 9.10. The van der Waals surface area contributed by atoms with E-state index in [2.05, 4.69) is 27.3 Å². The topological polar surface area (TPSA) is 38.3 Å². The molecular weight excluding hydrogens is 278 g/mol. The van der Waals surface area contributed by atoms with Crippen molar-refractivity contribution in [3.63, 3.8) is 0 Å². The quantitative estimate of drug-likeness (QED) is 0.847. The molecule has 2 unspecified atom stereocenters. The largest absolute Gasteiger partial charge is 0.469 e. The molecule has 0 radical (unpaired) electrons. The predicted octanol–water partition coefficient (Wildman–Crippen LogP) is 1.99. The number of nitrogens with one attached hydrogen (secondary N) is 1. The van der Waals surface area contributed by atoms with E-state index in [0.717, 1.165) is 11.0 Å². The Kier molecular flexibility index (Phi) is 3.43. The van der Waals surface area contributed by atoms with Gasteiger partial charge in [-0.1, -0.05) is 0 Å². The second-order valence-corrected chi connectivity index (χ2v) is 5.42. The molecule has 0 bridgehead atoms. The smallest absolute Gasteiger partial charge is 0.310 e. The summed E-state index contributed by atoms with van der Waals surface area (Å²) in [5.41, 5.74) is 0. The molecule has 0 spiro atoms. The van der Waals surface area contributed by atoms with Gasteiger partial charge < -0.3 is 10.1 Å². The fourth-order valence-corrected chi connectivity index (χ4v) is 3.51. The van der Waals surface area contributed by atoms with Gasteiger partial charge in [-0.3, -0.25) is 4.79 Å². The number of rotatable bonds is 2. The van der Waals surface area contributed by atoms with Gasteiger partial charge in [0.15, 0.2) is 0 Å². The first-order chi connectivity index (χ1) is 7.22. The van der Waals surface area contributed by atoms with Crippen LogP contribution in [0.25, 0.3) is 0 Å². The summed E-state index contributed by atoms with van der Waals surface area (Å²) in [4.78, 5) is 12.8. The second kappa shape index (κ2) is 4.63. The van der Waals surface area contributed by atoms with Crippen LogP contribution in [0, 0.1) is 5.92 Å². The first-order valence-corrected chi connectivity index (χ1v) is 6.42. The summed E-state index contributed by atoms with van der Waals surface area (Å²) in [6, 6.07) is 2.08. The zero-order valence-corrected chi connectivity index (χ0v) is 10.7. The summed E-state index contributed by atoms with van der Waals surface area (Å²) in [6.07, 6.45) is 0. The lowest BCUT2D eigenvalue weighted by Gasteiger charge is -2.14. The van der Waals surface area contributed by atoms with Crippen molar-refractivity contribution < 1.29 is 9.53 Å². The molecule has 0 amide bonds. The maximum Gasteiger partial charge on any atom is 0.310 e. The molecule has 2 heterocycles. The van der Waals surface area contributed by atoms with Crippen molar-refractivity contribution in [1.29, 1.82) is 0 Å². The van der Waals surface area contributed by atoms with Crippen LogP contribution in [-0.2, 0) is 9.53 Å². The van der Waals surface area contributed by atoms with E-state index in [-0.39, 0.29) is 17.8 Å². The van der Waals surface area contributed by atoms with Crippen LogP contribution < -0.4 is 5.32 Å². The van der Waals surface area contributed by atoms with Crippen LogP contribution in [0.2, 0.25) is 0 Å². The minimum Gasteiger partial charge on any atom is -0.469 e. The maximum atomic E-state index is 11.5. The molecule has 1 aromatic heterocycles. The van der Waals surface area contributed by atoms with E-state index in [9.17, 15) is 4.79 Å². The molecule has 1 aliphatic heterocycles. The van der Waals surface area contributed by atoms with Crippen LogP contribution >= 0.6 is 27.3 Å². The normalized spacial score (nSPS) is 25.5. The molecule has 0 saturated carbocycles. The van der Waals surface area contributed by atoms with Crippen LogP contribution in [0.1, 0.15) is 10.8 Å². The van der Waals surface area contributed by atoms with Crippen LogP contribution in [0.4, 0.5) is 0 Å². The van der Waals surface area contributed by atoms with E-state index in [0.29, 0.717) is 6.54 Å². The van der Waals surface area contributed by atoms with Gasteiger partial charge in [0.1, 0.15) is 0 Å². The van der Waals surface area contributed by atoms with Crippen molar-refractivity contribution in [2.75, 3.05) is 20.2 Å². The standard InChI is InChI=1S/C10H12BrNO2S/c1-14-10(13)8-4-12-3-7(8)9-2-6(11)5-15-9/h2,5,7-8,12H,3-4H2,1H3. The van der Waals surface area contributed by atoms with Gasteiger partial charge in [0.2, 0.25) is 0 Å². The molecule has 5 heteroatoms. The van der Waals surface area contributed by atoms with Crippen molar-refractivity contribution >= 4 is 33.2 Å². The Hall–Kier alpha value is -0.390. The van der Waals surface area contributed by atoms with Crippen LogP contribution in [0.3, 0.4) is 0 Å². The number of hydrogen-bond acceptors (Lipinski definition) is 4. The minimum absolute atomic E-state index is 0.0412. The van der Waals surface area contributed by atoms with Gasteiger partial charge in [-0.2, -0.15) is 0 Å². The lowest BCUT2D eigenvalue weighted by Crippen LogP contribution is -2.22. The third-order valence-electron chi connectivity index (χ3n) is 2.67.